The summed E-state index contributed by atoms with van der Waals surface area (Å²) in [5, 5.41) is 0.502. The van der Waals surface area contributed by atoms with E-state index in [4.69, 9.17) is 17.3 Å². The predicted octanol–water partition coefficient (Wildman–Crippen LogP) is 4.13. The zero-order valence-electron chi connectivity index (χ0n) is 12.4. The first-order valence-electron chi connectivity index (χ1n) is 8.12. The maximum atomic E-state index is 14.3. The van der Waals surface area contributed by atoms with E-state index in [1.807, 2.05) is 0 Å². The van der Waals surface area contributed by atoms with Crippen LogP contribution in [0.1, 0.15) is 50.1 Å². The molecule has 2 atom stereocenters. The Morgan fingerprint density at radius 2 is 2.00 bits per heavy atom. The summed E-state index contributed by atoms with van der Waals surface area (Å²) in [7, 11) is 0. The van der Waals surface area contributed by atoms with Crippen molar-refractivity contribution < 1.29 is 4.39 Å². The molecular formula is C17H24ClFN2. The summed E-state index contributed by atoms with van der Waals surface area (Å²) in [4.78, 5) is 2.43. The third-order valence-corrected chi connectivity index (χ3v) is 5.57. The second-order valence-corrected chi connectivity index (χ2v) is 6.79. The largest absolute Gasteiger partial charge is 0.329 e. The van der Waals surface area contributed by atoms with Crippen LogP contribution in [-0.4, -0.2) is 24.0 Å². The predicted molar refractivity (Wildman–Crippen MR) is 84.9 cm³/mol. The maximum Gasteiger partial charge on any atom is 0.129 e. The zero-order chi connectivity index (χ0) is 14.8. The van der Waals surface area contributed by atoms with Gasteiger partial charge in [-0.2, -0.15) is 0 Å². The van der Waals surface area contributed by atoms with Crippen LogP contribution in [0.15, 0.2) is 18.2 Å². The van der Waals surface area contributed by atoms with Crippen LogP contribution < -0.4 is 5.73 Å². The van der Waals surface area contributed by atoms with Crippen LogP contribution in [0, 0.1) is 11.7 Å². The molecule has 2 unspecified atom stereocenters. The Morgan fingerprint density at radius 3 is 2.67 bits per heavy atom. The molecule has 1 aromatic carbocycles. The molecule has 116 valence electrons. The molecule has 2 N–H and O–H groups in total. The molecule has 1 aliphatic carbocycles. The fourth-order valence-corrected chi connectivity index (χ4v) is 4.59. The van der Waals surface area contributed by atoms with Crippen LogP contribution in [0.2, 0.25) is 5.02 Å². The van der Waals surface area contributed by atoms with Crippen molar-refractivity contribution >= 4 is 11.6 Å². The fraction of sp³-hybridized carbons (Fsp3) is 0.647. The third kappa shape index (κ3) is 2.96. The molecule has 1 heterocycles. The van der Waals surface area contributed by atoms with E-state index in [2.05, 4.69) is 4.90 Å². The molecule has 4 heteroatoms. The number of halogens is 2. The van der Waals surface area contributed by atoms with Crippen molar-refractivity contribution in [1.82, 2.24) is 4.90 Å². The first-order chi connectivity index (χ1) is 10.2. The van der Waals surface area contributed by atoms with E-state index in [0.29, 0.717) is 23.2 Å². The normalized spacial score (nSPS) is 25.6. The van der Waals surface area contributed by atoms with Crippen molar-refractivity contribution in [3.05, 3.63) is 34.6 Å². The quantitative estimate of drug-likeness (QED) is 0.906. The van der Waals surface area contributed by atoms with Crippen molar-refractivity contribution in [2.45, 2.75) is 50.6 Å². The summed E-state index contributed by atoms with van der Waals surface area (Å²) in [5.74, 6) is 0.530. The van der Waals surface area contributed by atoms with Gasteiger partial charge < -0.3 is 5.73 Å². The van der Waals surface area contributed by atoms with Crippen molar-refractivity contribution in [3.8, 4) is 0 Å². The molecule has 2 fully saturated rings. The lowest BCUT2D eigenvalue weighted by molar-refractivity contribution is 0.136. The Balaban J connectivity index is 1.88. The van der Waals surface area contributed by atoms with E-state index in [1.54, 1.807) is 12.1 Å². The molecule has 0 amide bonds. The van der Waals surface area contributed by atoms with Gasteiger partial charge >= 0.3 is 0 Å². The molecule has 1 saturated heterocycles. The lowest BCUT2D eigenvalue weighted by Crippen LogP contribution is -2.41. The van der Waals surface area contributed by atoms with Gasteiger partial charge in [-0.3, -0.25) is 4.90 Å². The summed E-state index contributed by atoms with van der Waals surface area (Å²) in [6.45, 7) is 1.43. The van der Waals surface area contributed by atoms with Crippen molar-refractivity contribution in [2.24, 2.45) is 11.7 Å². The van der Waals surface area contributed by atoms with Gasteiger partial charge in [-0.15, -0.1) is 0 Å². The number of hydrogen-bond donors (Lipinski definition) is 1. The molecule has 0 radical (unpaired) electrons. The van der Waals surface area contributed by atoms with Crippen LogP contribution in [0.4, 0.5) is 4.39 Å². The van der Waals surface area contributed by atoms with E-state index in [9.17, 15) is 4.39 Å². The van der Waals surface area contributed by atoms with E-state index >= 15 is 0 Å². The first-order valence-corrected chi connectivity index (χ1v) is 8.50. The van der Waals surface area contributed by atoms with Crippen molar-refractivity contribution in [1.29, 1.82) is 0 Å². The number of likely N-dealkylation sites (tertiary alicyclic amines) is 1. The summed E-state index contributed by atoms with van der Waals surface area (Å²) in [5.41, 5.74) is 6.61. The lowest BCUT2D eigenvalue weighted by atomic mass is 9.93. The first kappa shape index (κ1) is 15.3. The van der Waals surface area contributed by atoms with Gasteiger partial charge in [0.15, 0.2) is 0 Å². The average molecular weight is 311 g/mol. The standard InChI is InChI=1S/C17H24ClFN2/c18-13-7-3-8-14(19)17(13)16(11-20)21-10-4-9-15(21)12-5-1-2-6-12/h3,7-8,12,15-16H,1-2,4-6,9-11,20H2. The number of nitrogens with two attached hydrogens (primary N) is 1. The van der Waals surface area contributed by atoms with Gasteiger partial charge in [-0.25, -0.2) is 4.39 Å². The SMILES string of the molecule is NCC(c1c(F)cccc1Cl)N1CCCC1C1CCCC1. The van der Waals surface area contributed by atoms with Crippen LogP contribution in [0.5, 0.6) is 0 Å². The third-order valence-electron chi connectivity index (χ3n) is 5.24. The van der Waals surface area contributed by atoms with Crippen LogP contribution in [-0.2, 0) is 0 Å². The highest BCUT2D eigenvalue weighted by atomic mass is 35.5. The second kappa shape index (κ2) is 6.64. The Hall–Kier alpha value is -0.640. The van der Waals surface area contributed by atoms with Gasteiger partial charge in [-0.05, 0) is 50.3 Å². The number of hydrogen-bond acceptors (Lipinski definition) is 2. The lowest BCUT2D eigenvalue weighted by Gasteiger charge is -2.36. The van der Waals surface area contributed by atoms with E-state index in [-0.39, 0.29) is 11.9 Å². The molecule has 3 rings (SSSR count). The number of rotatable bonds is 4. The van der Waals surface area contributed by atoms with Crippen LogP contribution in [0.3, 0.4) is 0 Å². The summed E-state index contributed by atoms with van der Waals surface area (Å²) >= 11 is 6.27. The number of benzene rings is 1. The molecule has 21 heavy (non-hydrogen) atoms. The molecule has 0 spiro atoms. The smallest absolute Gasteiger partial charge is 0.129 e. The van der Waals surface area contributed by atoms with E-state index < -0.39 is 0 Å². The summed E-state index contributed by atoms with van der Waals surface area (Å²) < 4.78 is 14.3. The highest BCUT2D eigenvalue weighted by molar-refractivity contribution is 6.31. The van der Waals surface area contributed by atoms with Crippen molar-refractivity contribution in [2.75, 3.05) is 13.1 Å². The molecule has 0 aromatic heterocycles. The topological polar surface area (TPSA) is 29.3 Å². The van der Waals surface area contributed by atoms with Gasteiger partial charge in [0.05, 0.1) is 6.04 Å². The van der Waals surface area contributed by atoms with Gasteiger partial charge in [-0.1, -0.05) is 30.5 Å². The molecule has 2 nitrogen and oxygen atoms in total. The second-order valence-electron chi connectivity index (χ2n) is 6.38. The van der Waals surface area contributed by atoms with Gasteiger partial charge in [0.25, 0.3) is 0 Å². The highest BCUT2D eigenvalue weighted by Gasteiger charge is 2.38. The Labute approximate surface area is 131 Å². The van der Waals surface area contributed by atoms with Gasteiger partial charge in [0, 0.05) is 23.2 Å². The van der Waals surface area contributed by atoms with E-state index in [1.165, 1.54) is 44.6 Å². The number of nitrogens with zero attached hydrogens (tertiary/aromatic N) is 1. The molecule has 0 bridgehead atoms. The van der Waals surface area contributed by atoms with E-state index in [0.717, 1.165) is 12.5 Å². The van der Waals surface area contributed by atoms with Crippen LogP contribution >= 0.6 is 11.6 Å². The summed E-state index contributed by atoms with van der Waals surface area (Å²) in [6, 6.07) is 5.38. The minimum atomic E-state index is -0.227. The summed E-state index contributed by atoms with van der Waals surface area (Å²) in [6.07, 6.45) is 7.69. The van der Waals surface area contributed by atoms with Gasteiger partial charge in [0.1, 0.15) is 5.82 Å². The Morgan fingerprint density at radius 1 is 1.24 bits per heavy atom. The minimum absolute atomic E-state index is 0.0909. The zero-order valence-corrected chi connectivity index (χ0v) is 13.2. The molecule has 1 aromatic rings. The molecule has 1 aliphatic heterocycles. The monoisotopic (exact) mass is 310 g/mol. The average Bonchev–Trinajstić information content (AvgIpc) is 3.13. The fourth-order valence-electron chi connectivity index (χ4n) is 4.30. The maximum absolute atomic E-state index is 14.3. The van der Waals surface area contributed by atoms with Crippen LogP contribution in [0.25, 0.3) is 0 Å². The Kier molecular flexibility index (Phi) is 4.82. The highest BCUT2D eigenvalue weighted by Crippen LogP contribution is 2.40. The molecular weight excluding hydrogens is 287 g/mol. The Bertz CT molecular complexity index is 467. The van der Waals surface area contributed by atoms with Crippen molar-refractivity contribution in [3.63, 3.8) is 0 Å². The van der Waals surface area contributed by atoms with Gasteiger partial charge in [0.2, 0.25) is 0 Å². The molecule has 2 aliphatic rings. The minimum Gasteiger partial charge on any atom is -0.329 e. The molecule has 1 saturated carbocycles.